The number of rotatable bonds is 4. The third kappa shape index (κ3) is 4.60. The van der Waals surface area contributed by atoms with E-state index in [-0.39, 0.29) is 17.7 Å². The largest absolute Gasteiger partial charge is 0.353 e. The van der Waals surface area contributed by atoms with E-state index in [0.29, 0.717) is 31.6 Å². The lowest BCUT2D eigenvalue weighted by Crippen LogP contribution is -2.49. The molecule has 1 aromatic heterocycles. The van der Waals surface area contributed by atoms with Crippen LogP contribution in [0.15, 0.2) is 36.5 Å². The number of hydrogen-bond donors (Lipinski definition) is 0. The molecule has 0 bridgehead atoms. The predicted octanol–water partition coefficient (Wildman–Crippen LogP) is 2.58. The molecule has 4 rings (SSSR count). The van der Waals surface area contributed by atoms with Crippen LogP contribution in [0.5, 0.6) is 0 Å². The lowest BCUT2D eigenvalue weighted by Gasteiger charge is -2.36. The molecule has 0 N–H and O–H groups in total. The number of amides is 1. The number of piperazine rings is 1. The number of carbonyl (C=O) groups is 1. The van der Waals surface area contributed by atoms with Crippen LogP contribution in [0.2, 0.25) is 0 Å². The summed E-state index contributed by atoms with van der Waals surface area (Å²) in [6.07, 6.45) is 2.55. The van der Waals surface area contributed by atoms with Gasteiger partial charge in [-0.05, 0) is 56.0 Å². The van der Waals surface area contributed by atoms with E-state index in [1.54, 1.807) is 4.31 Å². The third-order valence-corrected chi connectivity index (χ3v) is 8.19. The van der Waals surface area contributed by atoms with Crippen LogP contribution in [0, 0.1) is 13.8 Å². The van der Waals surface area contributed by atoms with E-state index in [2.05, 4.69) is 22.9 Å². The Hall–Kier alpha value is -2.45. The highest BCUT2D eigenvalue weighted by Gasteiger charge is 2.34. The minimum absolute atomic E-state index is 0.0157. The molecule has 7 nitrogen and oxygen atoms in total. The standard InChI is InChI=1S/C23H30N4O3S/c1-17-14-18(2)22(24-15-17)25-9-11-26(12-10-25)23(28)21-6-4-20(5-7-21)16-27-19(3)8-13-31(27,29)30/h4-7,14-15,19H,8-13,16H2,1-3H3/t19-/m1/s1. The molecule has 1 amide bonds. The second kappa shape index (κ2) is 8.59. The second-order valence-electron chi connectivity index (χ2n) is 8.63. The average molecular weight is 443 g/mol. The second-order valence-corrected chi connectivity index (χ2v) is 10.7. The van der Waals surface area contributed by atoms with Crippen LogP contribution >= 0.6 is 0 Å². The molecule has 0 unspecified atom stereocenters. The molecule has 31 heavy (non-hydrogen) atoms. The molecular weight excluding hydrogens is 412 g/mol. The first-order valence-electron chi connectivity index (χ1n) is 10.8. The maximum Gasteiger partial charge on any atom is 0.253 e. The van der Waals surface area contributed by atoms with Gasteiger partial charge >= 0.3 is 0 Å². The minimum Gasteiger partial charge on any atom is -0.353 e. The zero-order valence-corrected chi connectivity index (χ0v) is 19.2. The Balaban J connectivity index is 1.37. The fourth-order valence-electron chi connectivity index (χ4n) is 4.38. The van der Waals surface area contributed by atoms with E-state index < -0.39 is 10.0 Å². The van der Waals surface area contributed by atoms with Crippen LogP contribution in [-0.4, -0.2) is 66.5 Å². The van der Waals surface area contributed by atoms with Gasteiger partial charge in [-0.2, -0.15) is 4.31 Å². The number of carbonyl (C=O) groups excluding carboxylic acids is 1. The number of anilines is 1. The van der Waals surface area contributed by atoms with E-state index >= 15 is 0 Å². The summed E-state index contributed by atoms with van der Waals surface area (Å²) in [6, 6.07) is 9.50. The summed E-state index contributed by atoms with van der Waals surface area (Å²) in [5.74, 6) is 1.23. The summed E-state index contributed by atoms with van der Waals surface area (Å²) in [4.78, 5) is 21.6. The van der Waals surface area contributed by atoms with Gasteiger partial charge in [0.2, 0.25) is 10.0 Å². The normalized spacial score (nSPS) is 21.5. The SMILES string of the molecule is Cc1cnc(N2CCN(C(=O)c3ccc(CN4[C@H](C)CCS4(=O)=O)cc3)CC2)c(C)c1. The molecule has 8 heteroatoms. The first-order chi connectivity index (χ1) is 14.7. The fraction of sp³-hybridized carbons (Fsp3) is 0.478. The van der Waals surface area contributed by atoms with Gasteiger partial charge in [0.15, 0.2) is 0 Å². The molecule has 166 valence electrons. The van der Waals surface area contributed by atoms with Gasteiger partial charge < -0.3 is 9.80 Å². The summed E-state index contributed by atoms with van der Waals surface area (Å²) in [5, 5.41) is 0. The Morgan fingerprint density at radius 1 is 1.10 bits per heavy atom. The van der Waals surface area contributed by atoms with Crippen molar-refractivity contribution in [2.75, 3.05) is 36.8 Å². The first-order valence-corrected chi connectivity index (χ1v) is 12.4. The van der Waals surface area contributed by atoms with Crippen LogP contribution in [0.4, 0.5) is 5.82 Å². The van der Waals surface area contributed by atoms with Crippen LogP contribution in [0.3, 0.4) is 0 Å². The van der Waals surface area contributed by atoms with Crippen LogP contribution in [0.1, 0.15) is 40.4 Å². The van der Waals surface area contributed by atoms with E-state index in [4.69, 9.17) is 0 Å². The molecule has 3 heterocycles. The zero-order valence-electron chi connectivity index (χ0n) is 18.4. The maximum atomic E-state index is 13.0. The zero-order chi connectivity index (χ0) is 22.2. The van der Waals surface area contributed by atoms with Crippen molar-refractivity contribution in [1.29, 1.82) is 0 Å². The van der Waals surface area contributed by atoms with Gasteiger partial charge in [0.25, 0.3) is 5.91 Å². The highest BCUT2D eigenvalue weighted by Crippen LogP contribution is 2.24. The van der Waals surface area contributed by atoms with Crippen molar-refractivity contribution in [1.82, 2.24) is 14.2 Å². The van der Waals surface area contributed by atoms with Gasteiger partial charge in [-0.1, -0.05) is 18.2 Å². The molecule has 2 fully saturated rings. The van der Waals surface area contributed by atoms with Gasteiger partial charge in [0, 0.05) is 50.5 Å². The highest BCUT2D eigenvalue weighted by atomic mass is 32.2. The molecule has 0 aliphatic carbocycles. The van der Waals surface area contributed by atoms with Crippen molar-refractivity contribution in [3.05, 3.63) is 58.8 Å². The summed E-state index contributed by atoms with van der Waals surface area (Å²) in [7, 11) is -3.16. The highest BCUT2D eigenvalue weighted by molar-refractivity contribution is 7.89. The Bertz CT molecular complexity index is 1060. The predicted molar refractivity (Wildman–Crippen MR) is 122 cm³/mol. The number of hydrogen-bond acceptors (Lipinski definition) is 5. The fourth-order valence-corrected chi connectivity index (χ4v) is 6.26. The summed E-state index contributed by atoms with van der Waals surface area (Å²) < 4.78 is 25.9. The molecule has 0 spiro atoms. The summed E-state index contributed by atoms with van der Waals surface area (Å²) in [6.45, 7) is 9.23. The van der Waals surface area contributed by atoms with Gasteiger partial charge in [0.1, 0.15) is 5.82 Å². The lowest BCUT2D eigenvalue weighted by molar-refractivity contribution is 0.0746. The van der Waals surface area contributed by atoms with Crippen molar-refractivity contribution < 1.29 is 13.2 Å². The number of benzene rings is 1. The monoisotopic (exact) mass is 442 g/mol. The van der Waals surface area contributed by atoms with Crippen LogP contribution in [0.25, 0.3) is 0 Å². The topological polar surface area (TPSA) is 73.8 Å². The maximum absolute atomic E-state index is 13.0. The Morgan fingerprint density at radius 2 is 1.77 bits per heavy atom. The molecule has 0 saturated carbocycles. The van der Waals surface area contributed by atoms with Crippen molar-refractivity contribution in [3.8, 4) is 0 Å². The van der Waals surface area contributed by atoms with E-state index in [1.807, 2.05) is 49.2 Å². The van der Waals surface area contributed by atoms with E-state index in [0.717, 1.165) is 35.6 Å². The van der Waals surface area contributed by atoms with Gasteiger partial charge in [-0.25, -0.2) is 13.4 Å². The van der Waals surface area contributed by atoms with Crippen LogP contribution in [-0.2, 0) is 16.6 Å². The van der Waals surface area contributed by atoms with E-state index in [1.165, 1.54) is 0 Å². The molecule has 2 saturated heterocycles. The van der Waals surface area contributed by atoms with E-state index in [9.17, 15) is 13.2 Å². The first kappa shape index (κ1) is 21.8. The molecule has 2 aromatic rings. The number of pyridine rings is 1. The molecule has 0 radical (unpaired) electrons. The third-order valence-electron chi connectivity index (χ3n) is 6.24. The lowest BCUT2D eigenvalue weighted by atomic mass is 10.1. The van der Waals surface area contributed by atoms with Crippen molar-refractivity contribution in [3.63, 3.8) is 0 Å². The van der Waals surface area contributed by atoms with Gasteiger partial charge in [-0.3, -0.25) is 4.79 Å². The van der Waals surface area contributed by atoms with Gasteiger partial charge in [-0.15, -0.1) is 0 Å². The van der Waals surface area contributed by atoms with Gasteiger partial charge in [0.05, 0.1) is 5.75 Å². The number of nitrogens with zero attached hydrogens (tertiary/aromatic N) is 4. The Morgan fingerprint density at radius 3 is 2.35 bits per heavy atom. The van der Waals surface area contributed by atoms with Crippen molar-refractivity contribution >= 4 is 21.7 Å². The molecule has 1 aromatic carbocycles. The Kier molecular flexibility index (Phi) is 6.03. The molecular formula is C23H30N4O3S. The molecule has 1 atom stereocenters. The summed E-state index contributed by atoms with van der Waals surface area (Å²) >= 11 is 0. The minimum atomic E-state index is -3.16. The molecule has 2 aliphatic heterocycles. The van der Waals surface area contributed by atoms with Crippen LogP contribution < -0.4 is 4.90 Å². The van der Waals surface area contributed by atoms with Crippen molar-refractivity contribution in [2.24, 2.45) is 0 Å². The number of sulfonamides is 1. The Labute approximate surface area is 184 Å². The average Bonchev–Trinajstić information content (AvgIpc) is 3.01. The number of aromatic nitrogens is 1. The number of aryl methyl sites for hydroxylation is 2. The molecule has 2 aliphatic rings. The summed E-state index contributed by atoms with van der Waals surface area (Å²) in [5.41, 5.74) is 3.85. The quantitative estimate of drug-likeness (QED) is 0.728. The smallest absolute Gasteiger partial charge is 0.253 e. The van der Waals surface area contributed by atoms with Crippen molar-refractivity contribution in [2.45, 2.75) is 39.8 Å².